The van der Waals surface area contributed by atoms with E-state index in [1.54, 1.807) is 6.07 Å². The van der Waals surface area contributed by atoms with E-state index >= 15 is 0 Å². The molecule has 1 aromatic carbocycles. The molecule has 2 aromatic rings. The molecule has 2 heterocycles. The summed E-state index contributed by atoms with van der Waals surface area (Å²) in [6, 6.07) is 7.42. The highest BCUT2D eigenvalue weighted by atomic mass is 16.5. The van der Waals surface area contributed by atoms with Crippen molar-refractivity contribution in [2.24, 2.45) is 11.7 Å². The lowest BCUT2D eigenvalue weighted by Gasteiger charge is -2.18. The van der Waals surface area contributed by atoms with E-state index in [1.165, 1.54) is 0 Å². The van der Waals surface area contributed by atoms with Crippen LogP contribution in [0.15, 0.2) is 36.7 Å². The molecular weight excluding hydrogens is 304 g/mol. The second-order valence-electron chi connectivity index (χ2n) is 6.17. The number of amides is 1. The number of rotatable bonds is 7. The highest BCUT2D eigenvalue weighted by molar-refractivity contribution is 5.92. The second kappa shape index (κ2) is 7.59. The fourth-order valence-corrected chi connectivity index (χ4v) is 3.15. The Morgan fingerprint density at radius 1 is 1.50 bits per heavy atom. The highest BCUT2D eigenvalue weighted by Crippen LogP contribution is 2.33. The fraction of sp³-hybridized carbons (Fsp3) is 0.444. The largest absolute Gasteiger partial charge is 0.373 e. The van der Waals surface area contributed by atoms with Crippen molar-refractivity contribution in [3.63, 3.8) is 0 Å². The Morgan fingerprint density at radius 2 is 2.38 bits per heavy atom. The summed E-state index contributed by atoms with van der Waals surface area (Å²) in [5, 5.41) is 7.81. The van der Waals surface area contributed by atoms with E-state index in [4.69, 9.17) is 10.5 Å². The average molecular weight is 328 g/mol. The van der Waals surface area contributed by atoms with Crippen molar-refractivity contribution in [2.45, 2.75) is 32.5 Å². The summed E-state index contributed by atoms with van der Waals surface area (Å²) in [7, 11) is 0. The maximum absolute atomic E-state index is 11.2. The maximum atomic E-state index is 11.2. The van der Waals surface area contributed by atoms with E-state index in [2.05, 4.69) is 23.5 Å². The number of ether oxygens (including phenoxy) is 1. The van der Waals surface area contributed by atoms with Crippen LogP contribution in [0.4, 0.5) is 0 Å². The van der Waals surface area contributed by atoms with Gasteiger partial charge < -0.3 is 15.8 Å². The first-order chi connectivity index (χ1) is 11.7. The number of primary amides is 1. The van der Waals surface area contributed by atoms with Crippen LogP contribution < -0.4 is 11.1 Å². The zero-order chi connectivity index (χ0) is 16.9. The van der Waals surface area contributed by atoms with Crippen LogP contribution >= 0.6 is 0 Å². The van der Waals surface area contributed by atoms with Crippen molar-refractivity contribution in [1.29, 1.82) is 0 Å². The summed E-state index contributed by atoms with van der Waals surface area (Å²) in [6.07, 6.45) is 5.12. The van der Waals surface area contributed by atoms with Crippen LogP contribution in [0.3, 0.4) is 0 Å². The molecule has 0 saturated carbocycles. The van der Waals surface area contributed by atoms with Crippen LogP contribution in [0.2, 0.25) is 0 Å². The third-order valence-corrected chi connectivity index (χ3v) is 4.47. The number of aromatic nitrogens is 2. The molecule has 0 unspecified atom stereocenters. The minimum atomic E-state index is -0.394. The van der Waals surface area contributed by atoms with Crippen LogP contribution in [-0.2, 0) is 17.8 Å². The third kappa shape index (κ3) is 3.83. The summed E-state index contributed by atoms with van der Waals surface area (Å²) in [5.74, 6) is 0.0351. The van der Waals surface area contributed by atoms with Crippen LogP contribution in [-0.4, -0.2) is 28.8 Å². The Hall–Kier alpha value is -2.18. The van der Waals surface area contributed by atoms with Gasteiger partial charge in [-0.15, -0.1) is 0 Å². The van der Waals surface area contributed by atoms with Gasteiger partial charge in [-0.3, -0.25) is 9.48 Å². The molecule has 6 heteroatoms. The number of carbonyl (C=O) groups excluding carboxylic acids is 1. The molecule has 2 atom stereocenters. The van der Waals surface area contributed by atoms with Gasteiger partial charge in [0.05, 0.1) is 12.3 Å². The van der Waals surface area contributed by atoms with Crippen molar-refractivity contribution in [1.82, 2.24) is 15.1 Å². The van der Waals surface area contributed by atoms with Crippen molar-refractivity contribution in [3.8, 4) is 0 Å². The summed E-state index contributed by atoms with van der Waals surface area (Å²) in [4.78, 5) is 11.2. The number of hydrogen-bond acceptors (Lipinski definition) is 4. The molecule has 0 radical (unpaired) electrons. The Kier molecular flexibility index (Phi) is 5.27. The lowest BCUT2D eigenvalue weighted by molar-refractivity contribution is 0.0904. The first-order valence-corrected chi connectivity index (χ1v) is 8.40. The van der Waals surface area contributed by atoms with Crippen LogP contribution in [0.5, 0.6) is 0 Å². The van der Waals surface area contributed by atoms with E-state index in [9.17, 15) is 4.79 Å². The monoisotopic (exact) mass is 328 g/mol. The molecule has 3 rings (SSSR count). The smallest absolute Gasteiger partial charge is 0.248 e. The van der Waals surface area contributed by atoms with Gasteiger partial charge in [0.25, 0.3) is 0 Å². The number of nitrogens with two attached hydrogens (primary N) is 1. The van der Waals surface area contributed by atoms with Gasteiger partial charge in [0.2, 0.25) is 5.91 Å². The molecule has 1 saturated heterocycles. The fourth-order valence-electron chi connectivity index (χ4n) is 3.15. The van der Waals surface area contributed by atoms with Gasteiger partial charge in [-0.05, 0) is 31.0 Å². The number of aryl methyl sites for hydroxylation is 1. The van der Waals surface area contributed by atoms with E-state index in [0.29, 0.717) is 18.0 Å². The quantitative estimate of drug-likeness (QED) is 0.813. The van der Waals surface area contributed by atoms with E-state index < -0.39 is 5.91 Å². The molecule has 0 spiro atoms. The molecule has 3 N–H and O–H groups in total. The minimum Gasteiger partial charge on any atom is -0.373 e. The SMILES string of the molecule is CCn1cc([C@H]2OCC[C@H]2CNCc2cccc(C(N)=O)c2)cn1. The van der Waals surface area contributed by atoms with E-state index in [0.717, 1.165) is 37.2 Å². The molecule has 1 aliphatic rings. The van der Waals surface area contributed by atoms with Gasteiger partial charge >= 0.3 is 0 Å². The van der Waals surface area contributed by atoms with Crippen molar-refractivity contribution >= 4 is 5.91 Å². The van der Waals surface area contributed by atoms with Crippen LogP contribution in [0.25, 0.3) is 0 Å². The Balaban J connectivity index is 1.56. The minimum absolute atomic E-state index is 0.106. The number of benzene rings is 1. The molecular formula is C18H24N4O2. The summed E-state index contributed by atoms with van der Waals surface area (Å²) >= 11 is 0. The van der Waals surface area contributed by atoms with Crippen LogP contribution in [0.1, 0.15) is 40.9 Å². The number of hydrogen-bond donors (Lipinski definition) is 2. The molecule has 1 amide bonds. The summed E-state index contributed by atoms with van der Waals surface area (Å²) in [6.45, 7) is 5.30. The first-order valence-electron chi connectivity index (χ1n) is 8.40. The van der Waals surface area contributed by atoms with E-state index in [1.807, 2.05) is 29.1 Å². The zero-order valence-corrected chi connectivity index (χ0v) is 13.9. The first kappa shape index (κ1) is 16.7. The molecule has 1 fully saturated rings. The van der Waals surface area contributed by atoms with Gasteiger partial charge in [0, 0.05) is 49.5 Å². The van der Waals surface area contributed by atoms with Crippen molar-refractivity contribution in [2.75, 3.05) is 13.2 Å². The highest BCUT2D eigenvalue weighted by Gasteiger charge is 2.30. The van der Waals surface area contributed by atoms with Crippen molar-refractivity contribution < 1.29 is 9.53 Å². The van der Waals surface area contributed by atoms with Crippen LogP contribution in [0, 0.1) is 5.92 Å². The zero-order valence-electron chi connectivity index (χ0n) is 13.9. The number of nitrogens with zero attached hydrogens (tertiary/aromatic N) is 2. The standard InChI is InChI=1S/C18H24N4O2/c1-2-22-12-16(11-21-22)17-15(6-7-24-17)10-20-9-13-4-3-5-14(8-13)18(19)23/h3-5,8,11-12,15,17,20H,2,6-7,9-10H2,1H3,(H2,19,23)/t15-,17-/m0/s1. The summed E-state index contributed by atoms with van der Waals surface area (Å²) in [5.41, 5.74) is 8.07. The molecule has 1 aliphatic heterocycles. The average Bonchev–Trinajstić information content (AvgIpc) is 3.23. The topological polar surface area (TPSA) is 82.2 Å². The lowest BCUT2D eigenvalue weighted by atomic mass is 9.97. The van der Waals surface area contributed by atoms with Gasteiger partial charge in [0.1, 0.15) is 0 Å². The number of carbonyl (C=O) groups is 1. The predicted molar refractivity (Wildman–Crippen MR) is 91.4 cm³/mol. The third-order valence-electron chi connectivity index (χ3n) is 4.47. The summed E-state index contributed by atoms with van der Waals surface area (Å²) < 4.78 is 7.84. The van der Waals surface area contributed by atoms with Gasteiger partial charge in [-0.25, -0.2) is 0 Å². The Bertz CT molecular complexity index is 698. The van der Waals surface area contributed by atoms with Gasteiger partial charge in [-0.1, -0.05) is 12.1 Å². The normalized spacial score (nSPS) is 20.4. The molecule has 1 aromatic heterocycles. The predicted octanol–water partition coefficient (Wildman–Crippen LogP) is 1.87. The van der Waals surface area contributed by atoms with E-state index in [-0.39, 0.29) is 6.10 Å². The lowest BCUT2D eigenvalue weighted by Crippen LogP contribution is -2.24. The molecule has 0 bridgehead atoms. The molecule has 128 valence electrons. The maximum Gasteiger partial charge on any atom is 0.248 e. The van der Waals surface area contributed by atoms with Crippen molar-refractivity contribution in [3.05, 3.63) is 53.3 Å². The van der Waals surface area contributed by atoms with Gasteiger partial charge in [-0.2, -0.15) is 5.10 Å². The van der Waals surface area contributed by atoms with Gasteiger partial charge in [0.15, 0.2) is 0 Å². The number of nitrogens with one attached hydrogen (secondary N) is 1. The molecule has 6 nitrogen and oxygen atoms in total. The Labute approximate surface area is 142 Å². The molecule has 0 aliphatic carbocycles. The molecule has 24 heavy (non-hydrogen) atoms. The second-order valence-corrected chi connectivity index (χ2v) is 6.17. The Morgan fingerprint density at radius 3 is 3.12 bits per heavy atom.